The molecule has 3 heterocycles. The molecule has 1 fully saturated rings. The first-order valence-corrected chi connectivity index (χ1v) is 11.9. The highest BCUT2D eigenvalue weighted by Crippen LogP contribution is 2.43. The lowest BCUT2D eigenvalue weighted by Gasteiger charge is -2.26. The molecule has 0 unspecified atom stereocenters. The first-order chi connectivity index (χ1) is 18.0. The summed E-state index contributed by atoms with van der Waals surface area (Å²) in [5.41, 5.74) is 0.959. The van der Waals surface area contributed by atoms with Crippen LogP contribution in [0.5, 0.6) is 23.0 Å². The van der Waals surface area contributed by atoms with Crippen LogP contribution in [-0.4, -0.2) is 65.2 Å². The molecule has 37 heavy (non-hydrogen) atoms. The van der Waals surface area contributed by atoms with Crippen molar-refractivity contribution >= 4 is 17.4 Å². The number of aryl methyl sites for hydroxylation is 1. The maximum Gasteiger partial charge on any atom is 0.295 e. The van der Waals surface area contributed by atoms with Gasteiger partial charge in [0.2, 0.25) is 0 Å². The minimum atomic E-state index is -0.823. The minimum absolute atomic E-state index is 0.00321. The molecule has 5 rings (SSSR count). The Balaban J connectivity index is 1.57. The number of nitrogens with zero attached hydrogens (tertiary/aromatic N) is 3. The number of aliphatic hydroxyl groups excluding tert-OH is 1. The van der Waals surface area contributed by atoms with Crippen LogP contribution in [0.15, 0.2) is 60.7 Å². The summed E-state index contributed by atoms with van der Waals surface area (Å²) in [4.78, 5) is 32.1. The first-order valence-electron chi connectivity index (χ1n) is 11.9. The molecule has 192 valence electrons. The van der Waals surface area contributed by atoms with Gasteiger partial charge in [-0.25, -0.2) is 4.98 Å². The lowest BCUT2D eigenvalue weighted by atomic mass is 9.94. The Kier molecular flexibility index (Phi) is 6.72. The number of fused-ring (bicyclic) bond motifs is 1. The van der Waals surface area contributed by atoms with Gasteiger partial charge in [-0.1, -0.05) is 6.07 Å². The van der Waals surface area contributed by atoms with Crippen molar-refractivity contribution in [3.05, 3.63) is 71.8 Å². The Labute approximate surface area is 213 Å². The fraction of sp³-hybridized carbons (Fsp3) is 0.296. The number of carbonyl (C=O) groups is 2. The van der Waals surface area contributed by atoms with Crippen molar-refractivity contribution in [2.45, 2.75) is 19.0 Å². The number of methoxy groups -OCH3 is 2. The SMILES string of the molecule is COc1ccc([C@H]2C(=C(O)c3ccc4c(c3)OCCO4)C(=O)C(=O)N2CCCn2ccnc2)cc1OC. The Morgan fingerprint density at radius 2 is 1.81 bits per heavy atom. The smallest absolute Gasteiger partial charge is 0.295 e. The highest BCUT2D eigenvalue weighted by molar-refractivity contribution is 6.46. The summed E-state index contributed by atoms with van der Waals surface area (Å²) >= 11 is 0. The second kappa shape index (κ2) is 10.3. The molecule has 0 bridgehead atoms. The van der Waals surface area contributed by atoms with Crippen LogP contribution in [-0.2, 0) is 16.1 Å². The van der Waals surface area contributed by atoms with E-state index in [1.54, 1.807) is 48.9 Å². The van der Waals surface area contributed by atoms with Gasteiger partial charge in [-0.2, -0.15) is 0 Å². The predicted octanol–water partition coefficient (Wildman–Crippen LogP) is 3.18. The van der Waals surface area contributed by atoms with Crippen molar-refractivity contribution in [3.63, 3.8) is 0 Å². The largest absolute Gasteiger partial charge is 0.507 e. The van der Waals surface area contributed by atoms with Gasteiger partial charge in [-0.15, -0.1) is 0 Å². The second-order valence-corrected chi connectivity index (χ2v) is 8.62. The van der Waals surface area contributed by atoms with Gasteiger partial charge in [0.05, 0.1) is 32.2 Å². The van der Waals surface area contributed by atoms with Crippen molar-refractivity contribution in [2.24, 2.45) is 0 Å². The number of benzene rings is 2. The number of rotatable bonds is 8. The highest BCUT2D eigenvalue weighted by atomic mass is 16.6. The molecule has 0 radical (unpaired) electrons. The Hall–Kier alpha value is -4.47. The Morgan fingerprint density at radius 3 is 2.54 bits per heavy atom. The van der Waals surface area contributed by atoms with E-state index >= 15 is 0 Å². The van der Waals surface area contributed by atoms with E-state index in [0.29, 0.717) is 66.8 Å². The minimum Gasteiger partial charge on any atom is -0.507 e. The molecule has 0 spiro atoms. The second-order valence-electron chi connectivity index (χ2n) is 8.62. The highest BCUT2D eigenvalue weighted by Gasteiger charge is 2.46. The molecular formula is C27H27N3O7. The molecule has 10 nitrogen and oxygen atoms in total. The van der Waals surface area contributed by atoms with Gasteiger partial charge >= 0.3 is 0 Å². The molecule has 0 aliphatic carbocycles. The van der Waals surface area contributed by atoms with Gasteiger partial charge in [0.1, 0.15) is 19.0 Å². The number of aliphatic hydroxyl groups is 1. The zero-order chi connectivity index (χ0) is 25.9. The number of likely N-dealkylation sites (tertiary alicyclic amines) is 1. The van der Waals surface area contributed by atoms with Crippen LogP contribution in [0.3, 0.4) is 0 Å². The molecule has 0 saturated carbocycles. The standard InChI is InChI=1S/C27H27N3O7/c1-34-19-6-4-17(14-21(19)35-2)24-23(25(31)18-5-7-20-22(15-18)37-13-12-36-20)26(32)27(33)30(24)10-3-9-29-11-8-28-16-29/h4-8,11,14-16,24,31H,3,9-10,12-13H2,1-2H3/t24-/m0/s1. The van der Waals surface area contributed by atoms with Gasteiger partial charge in [0.25, 0.3) is 11.7 Å². The summed E-state index contributed by atoms with van der Waals surface area (Å²) in [5, 5.41) is 11.4. The van der Waals surface area contributed by atoms with Gasteiger partial charge in [-0.05, 0) is 42.3 Å². The topological polar surface area (TPSA) is 112 Å². The summed E-state index contributed by atoms with van der Waals surface area (Å²) in [6.07, 6.45) is 5.80. The number of ketones is 1. The molecule has 1 atom stereocenters. The van der Waals surface area contributed by atoms with Crippen LogP contribution in [0.1, 0.15) is 23.6 Å². The van der Waals surface area contributed by atoms with Crippen molar-refractivity contribution in [2.75, 3.05) is 34.0 Å². The summed E-state index contributed by atoms with van der Waals surface area (Å²) in [6, 6.07) is 9.30. The van der Waals surface area contributed by atoms with E-state index in [9.17, 15) is 14.7 Å². The monoisotopic (exact) mass is 505 g/mol. The van der Waals surface area contributed by atoms with Crippen LogP contribution < -0.4 is 18.9 Å². The van der Waals surface area contributed by atoms with Crippen LogP contribution in [0, 0.1) is 0 Å². The molecule has 1 amide bonds. The van der Waals surface area contributed by atoms with E-state index in [0.717, 1.165) is 0 Å². The fourth-order valence-electron chi connectivity index (χ4n) is 4.67. The normalized spacial score (nSPS) is 18.2. The van der Waals surface area contributed by atoms with Crippen LogP contribution in [0.25, 0.3) is 5.76 Å². The van der Waals surface area contributed by atoms with Crippen LogP contribution in [0.4, 0.5) is 0 Å². The Bertz CT molecular complexity index is 1350. The third-order valence-corrected chi connectivity index (χ3v) is 6.45. The van der Waals surface area contributed by atoms with E-state index in [-0.39, 0.29) is 11.3 Å². The molecular weight excluding hydrogens is 478 g/mol. The molecule has 2 aromatic carbocycles. The summed E-state index contributed by atoms with van der Waals surface area (Å²) in [5.74, 6) is 0.261. The van der Waals surface area contributed by atoms with Crippen molar-refractivity contribution in [1.82, 2.24) is 14.5 Å². The average molecular weight is 506 g/mol. The summed E-state index contributed by atoms with van der Waals surface area (Å²) in [6.45, 7) is 1.72. The van der Waals surface area contributed by atoms with Gasteiger partial charge in [0, 0.05) is 31.0 Å². The van der Waals surface area contributed by atoms with Crippen molar-refractivity contribution < 1.29 is 33.6 Å². The molecule has 3 aromatic rings. The van der Waals surface area contributed by atoms with E-state index in [1.165, 1.54) is 19.1 Å². The maximum absolute atomic E-state index is 13.3. The van der Waals surface area contributed by atoms with E-state index in [1.807, 2.05) is 10.8 Å². The van der Waals surface area contributed by atoms with Crippen molar-refractivity contribution in [3.8, 4) is 23.0 Å². The zero-order valence-electron chi connectivity index (χ0n) is 20.5. The first kappa shape index (κ1) is 24.2. The molecule has 10 heteroatoms. The lowest BCUT2D eigenvalue weighted by Crippen LogP contribution is -2.31. The van der Waals surface area contributed by atoms with E-state index in [2.05, 4.69) is 4.98 Å². The summed E-state index contributed by atoms with van der Waals surface area (Å²) in [7, 11) is 3.04. The Morgan fingerprint density at radius 1 is 1.03 bits per heavy atom. The molecule has 1 aromatic heterocycles. The number of hydrogen-bond acceptors (Lipinski definition) is 8. The quantitative estimate of drug-likeness (QED) is 0.282. The van der Waals surface area contributed by atoms with E-state index < -0.39 is 17.7 Å². The number of amides is 1. The van der Waals surface area contributed by atoms with E-state index in [4.69, 9.17) is 18.9 Å². The molecule has 2 aliphatic rings. The van der Waals surface area contributed by atoms with Crippen LogP contribution in [0.2, 0.25) is 0 Å². The van der Waals surface area contributed by atoms with Gasteiger partial charge in [-0.3, -0.25) is 9.59 Å². The molecule has 1 N–H and O–H groups in total. The molecule has 2 aliphatic heterocycles. The number of ether oxygens (including phenoxy) is 4. The number of aromatic nitrogens is 2. The zero-order valence-corrected chi connectivity index (χ0v) is 20.5. The third-order valence-electron chi connectivity index (χ3n) is 6.45. The fourth-order valence-corrected chi connectivity index (χ4v) is 4.67. The number of carbonyl (C=O) groups excluding carboxylic acids is 2. The number of Topliss-reactive ketones (excluding diaryl/α,β-unsaturated/α-hetero) is 1. The number of imidazole rings is 1. The van der Waals surface area contributed by atoms with Crippen LogP contribution >= 0.6 is 0 Å². The predicted molar refractivity (Wildman–Crippen MR) is 133 cm³/mol. The maximum atomic E-state index is 13.3. The third kappa shape index (κ3) is 4.57. The average Bonchev–Trinajstić information content (AvgIpc) is 3.54. The van der Waals surface area contributed by atoms with Gasteiger partial charge in [0.15, 0.2) is 23.0 Å². The number of hydrogen-bond donors (Lipinski definition) is 1. The lowest BCUT2D eigenvalue weighted by molar-refractivity contribution is -0.139. The molecule has 1 saturated heterocycles. The summed E-state index contributed by atoms with van der Waals surface area (Å²) < 4.78 is 23.9. The van der Waals surface area contributed by atoms with Crippen molar-refractivity contribution in [1.29, 1.82) is 0 Å². The van der Waals surface area contributed by atoms with Gasteiger partial charge < -0.3 is 33.5 Å².